The Kier molecular flexibility index (Phi) is 17.5. The first-order valence-corrected chi connectivity index (χ1v) is 15.9. The zero-order valence-electron chi connectivity index (χ0n) is 19.7. The molecule has 0 saturated carbocycles. The fourth-order valence-corrected chi connectivity index (χ4v) is 8.43. The molecule has 0 amide bonds. The van der Waals surface area contributed by atoms with Gasteiger partial charge in [0, 0.05) is 0 Å². The number of hydrogen-bond acceptors (Lipinski definition) is 1. The summed E-state index contributed by atoms with van der Waals surface area (Å²) in [6, 6.07) is 0. The molecule has 0 atom stereocenters. The molecule has 0 rings (SSSR count). The summed E-state index contributed by atoms with van der Waals surface area (Å²) in [5.41, 5.74) is 0. The Morgan fingerprint density at radius 3 is 0.889 bits per heavy atom. The van der Waals surface area contributed by atoms with Gasteiger partial charge in [0.1, 0.15) is 0 Å². The Bertz CT molecular complexity index is 266. The molecule has 0 saturated heterocycles. The Labute approximate surface area is 173 Å². The SMILES string of the molecule is CCCCCCCCP(C)(O)(CCCCCCCC)CCCCCCCC. The maximum absolute atomic E-state index is 11.8. The second-order valence-electron chi connectivity index (χ2n) is 9.72. The van der Waals surface area contributed by atoms with Crippen molar-refractivity contribution in [1.82, 2.24) is 0 Å². The van der Waals surface area contributed by atoms with E-state index >= 15 is 0 Å². The molecule has 166 valence electrons. The third kappa shape index (κ3) is 17.0. The zero-order chi connectivity index (χ0) is 20.3. The van der Waals surface area contributed by atoms with Crippen molar-refractivity contribution >= 4 is 6.83 Å². The molecule has 0 unspecified atom stereocenters. The molecule has 0 aromatic carbocycles. The maximum atomic E-state index is 11.8. The van der Waals surface area contributed by atoms with Gasteiger partial charge in [-0.05, 0) is 0 Å². The van der Waals surface area contributed by atoms with Crippen LogP contribution in [0.2, 0.25) is 0 Å². The van der Waals surface area contributed by atoms with Crippen molar-refractivity contribution in [2.75, 3.05) is 25.2 Å². The molecule has 2 heteroatoms. The van der Waals surface area contributed by atoms with Crippen molar-refractivity contribution in [3.05, 3.63) is 0 Å². The first-order chi connectivity index (χ1) is 13.0. The second kappa shape index (κ2) is 17.3. The minimum atomic E-state index is -2.44. The average Bonchev–Trinajstić information content (AvgIpc) is 2.64. The molecule has 0 fully saturated rings. The predicted molar refractivity (Wildman–Crippen MR) is 130 cm³/mol. The van der Waals surface area contributed by atoms with Gasteiger partial charge in [0.15, 0.2) is 0 Å². The van der Waals surface area contributed by atoms with Crippen molar-refractivity contribution in [2.24, 2.45) is 0 Å². The quantitative estimate of drug-likeness (QED) is 0.150. The van der Waals surface area contributed by atoms with E-state index in [9.17, 15) is 4.89 Å². The van der Waals surface area contributed by atoms with Crippen LogP contribution in [-0.2, 0) is 0 Å². The van der Waals surface area contributed by atoms with E-state index < -0.39 is 6.83 Å². The molecule has 0 aromatic rings. The molecule has 0 aromatic heterocycles. The summed E-state index contributed by atoms with van der Waals surface area (Å²) in [6.45, 7) is 6.75. The standard InChI is InChI=1S/C25H55OP/c1-5-8-11-14-17-20-23-27(4,26,24-21-18-15-12-9-6-2)25-22-19-16-13-10-7-3/h26H,5-25H2,1-4H3. The molecular weight excluding hydrogens is 347 g/mol. The van der Waals surface area contributed by atoms with Crippen LogP contribution in [0.5, 0.6) is 0 Å². The van der Waals surface area contributed by atoms with E-state index in [4.69, 9.17) is 0 Å². The van der Waals surface area contributed by atoms with Crippen LogP contribution in [0, 0.1) is 0 Å². The number of unbranched alkanes of at least 4 members (excludes halogenated alkanes) is 15. The molecule has 1 N–H and O–H groups in total. The van der Waals surface area contributed by atoms with Crippen LogP contribution in [-0.4, -0.2) is 30.0 Å². The molecular formula is C25H55OP. The number of rotatable bonds is 21. The Morgan fingerprint density at radius 2 is 0.630 bits per heavy atom. The van der Waals surface area contributed by atoms with Gasteiger partial charge < -0.3 is 0 Å². The van der Waals surface area contributed by atoms with Gasteiger partial charge in [-0.2, -0.15) is 0 Å². The first kappa shape index (κ1) is 27.4. The van der Waals surface area contributed by atoms with Gasteiger partial charge in [-0.15, -0.1) is 0 Å². The van der Waals surface area contributed by atoms with Crippen LogP contribution >= 0.6 is 6.83 Å². The van der Waals surface area contributed by atoms with Gasteiger partial charge in [-0.1, -0.05) is 0 Å². The monoisotopic (exact) mass is 402 g/mol. The van der Waals surface area contributed by atoms with Crippen LogP contribution in [0.15, 0.2) is 0 Å². The molecule has 0 aliphatic rings. The third-order valence-corrected chi connectivity index (χ3v) is 11.2. The van der Waals surface area contributed by atoms with E-state index in [1.54, 1.807) is 0 Å². The molecule has 0 bridgehead atoms. The topological polar surface area (TPSA) is 20.2 Å². The second-order valence-corrected chi connectivity index (χ2v) is 15.5. The van der Waals surface area contributed by atoms with Crippen LogP contribution < -0.4 is 0 Å². The fourth-order valence-electron chi connectivity index (χ4n) is 4.37. The summed E-state index contributed by atoms with van der Waals surface area (Å²) >= 11 is 0. The van der Waals surface area contributed by atoms with Crippen molar-refractivity contribution in [2.45, 2.75) is 136 Å². The normalized spacial score (nSPS) is 13.6. The summed E-state index contributed by atoms with van der Waals surface area (Å²) in [5, 5.41) is 0. The Balaban J connectivity index is 4.29. The summed E-state index contributed by atoms with van der Waals surface area (Å²) in [7, 11) is 0. The molecule has 1 nitrogen and oxygen atoms in total. The molecule has 0 heterocycles. The van der Waals surface area contributed by atoms with Crippen LogP contribution in [0.25, 0.3) is 0 Å². The van der Waals surface area contributed by atoms with Crippen molar-refractivity contribution < 1.29 is 4.89 Å². The van der Waals surface area contributed by atoms with E-state index in [0.717, 1.165) is 18.5 Å². The summed E-state index contributed by atoms with van der Waals surface area (Å²) in [4.78, 5) is 11.8. The van der Waals surface area contributed by atoms with Gasteiger partial charge in [0.05, 0.1) is 0 Å². The molecule has 0 aliphatic carbocycles. The van der Waals surface area contributed by atoms with Gasteiger partial charge in [0.25, 0.3) is 0 Å². The molecule has 27 heavy (non-hydrogen) atoms. The van der Waals surface area contributed by atoms with Gasteiger partial charge >= 0.3 is 173 Å². The van der Waals surface area contributed by atoms with E-state index in [1.165, 1.54) is 116 Å². The molecule has 0 aliphatic heterocycles. The summed E-state index contributed by atoms with van der Waals surface area (Å²) < 4.78 is 0. The summed E-state index contributed by atoms with van der Waals surface area (Å²) in [6.07, 6.45) is 27.6. The van der Waals surface area contributed by atoms with Crippen LogP contribution in [0.1, 0.15) is 136 Å². The molecule has 0 radical (unpaired) electrons. The van der Waals surface area contributed by atoms with Crippen molar-refractivity contribution in [3.63, 3.8) is 0 Å². The third-order valence-electron chi connectivity index (χ3n) is 6.45. The summed E-state index contributed by atoms with van der Waals surface area (Å²) in [5.74, 6) is 0. The van der Waals surface area contributed by atoms with Gasteiger partial charge in [0.2, 0.25) is 0 Å². The average molecular weight is 403 g/mol. The van der Waals surface area contributed by atoms with E-state index in [0.29, 0.717) is 0 Å². The Hall–Kier alpha value is 0.390. The number of hydrogen-bond donors (Lipinski definition) is 1. The first-order valence-electron chi connectivity index (χ1n) is 12.7. The predicted octanol–water partition coefficient (Wildman–Crippen LogP) is 9.16. The van der Waals surface area contributed by atoms with E-state index in [2.05, 4.69) is 27.4 Å². The van der Waals surface area contributed by atoms with E-state index in [-0.39, 0.29) is 0 Å². The minimum absolute atomic E-state index is 1.14. The molecule has 0 spiro atoms. The zero-order valence-corrected chi connectivity index (χ0v) is 20.6. The van der Waals surface area contributed by atoms with Gasteiger partial charge in [-0.25, -0.2) is 0 Å². The van der Waals surface area contributed by atoms with Crippen molar-refractivity contribution in [3.8, 4) is 0 Å². The van der Waals surface area contributed by atoms with E-state index in [1.807, 2.05) is 0 Å². The van der Waals surface area contributed by atoms with Crippen LogP contribution in [0.4, 0.5) is 0 Å². The van der Waals surface area contributed by atoms with Crippen LogP contribution in [0.3, 0.4) is 0 Å². The fraction of sp³-hybridized carbons (Fsp3) is 1.00. The van der Waals surface area contributed by atoms with Gasteiger partial charge in [-0.3, -0.25) is 0 Å². The Morgan fingerprint density at radius 1 is 0.407 bits per heavy atom. The van der Waals surface area contributed by atoms with Crippen molar-refractivity contribution in [1.29, 1.82) is 0 Å².